The van der Waals surface area contributed by atoms with Crippen molar-refractivity contribution >= 4 is 5.97 Å². The molecule has 0 bridgehead atoms. The summed E-state index contributed by atoms with van der Waals surface area (Å²) in [6, 6.07) is 0. The third-order valence-corrected chi connectivity index (χ3v) is 14.6. The van der Waals surface area contributed by atoms with E-state index < -0.39 is 16.8 Å². The molecule has 4 saturated carbocycles. The second kappa shape index (κ2) is 8.34. The van der Waals surface area contributed by atoms with Crippen molar-refractivity contribution in [2.75, 3.05) is 13.7 Å². The van der Waals surface area contributed by atoms with E-state index in [1.54, 1.807) is 0 Å². The van der Waals surface area contributed by atoms with Gasteiger partial charge < -0.3 is 19.3 Å². The molecule has 5 aliphatic carbocycles. The molecule has 1 N–H and O–H groups in total. The zero-order valence-corrected chi connectivity index (χ0v) is 26.1. The Morgan fingerprint density at radius 3 is 2.33 bits per heavy atom. The fraction of sp³-hybridized carbons (Fsp3) is 0.912. The molecule has 5 fully saturated rings. The molecule has 5 nitrogen and oxygen atoms in total. The number of hydrogen-bond acceptors (Lipinski definition) is 5. The normalized spacial score (nSPS) is 56.1. The van der Waals surface area contributed by atoms with E-state index in [-0.39, 0.29) is 45.6 Å². The molecule has 39 heavy (non-hydrogen) atoms. The van der Waals surface area contributed by atoms with Gasteiger partial charge in [0.15, 0.2) is 5.79 Å². The number of carbonyl (C=O) groups is 1. The Kier molecular flexibility index (Phi) is 6.04. The lowest BCUT2D eigenvalue weighted by atomic mass is 9.33. The lowest BCUT2D eigenvalue weighted by Gasteiger charge is -2.72. The number of fused-ring (bicyclic) bond motifs is 9. The maximum atomic E-state index is 13.5. The number of methoxy groups -OCH3 is 1. The fourth-order valence-corrected chi connectivity index (χ4v) is 11.9. The van der Waals surface area contributed by atoms with Crippen LogP contribution in [-0.4, -0.2) is 42.3 Å². The van der Waals surface area contributed by atoms with Crippen LogP contribution in [0.25, 0.3) is 0 Å². The minimum Gasteiger partial charge on any atom is -0.469 e. The number of esters is 1. The molecule has 11 unspecified atom stereocenters. The summed E-state index contributed by atoms with van der Waals surface area (Å²) < 4.78 is 18.4. The van der Waals surface area contributed by atoms with E-state index in [0.717, 1.165) is 45.1 Å². The number of carbonyl (C=O) groups excluding carboxylic acids is 1. The Morgan fingerprint density at radius 1 is 0.923 bits per heavy atom. The highest BCUT2D eigenvalue weighted by molar-refractivity contribution is 5.79. The SMILES string of the molecule is COC(=O)C12CCC(C)C(C)(O)C1C1=CCC3C4(C)CCC5OC(C)(C)OCC5(C)C4CCC3(C)C1(C)CC2. The highest BCUT2D eigenvalue weighted by atomic mass is 16.7. The predicted octanol–water partition coefficient (Wildman–Crippen LogP) is 7.06. The van der Waals surface area contributed by atoms with Crippen molar-refractivity contribution in [3.05, 3.63) is 11.6 Å². The first-order chi connectivity index (χ1) is 18.0. The molecule has 0 aromatic carbocycles. The molecule has 0 aromatic rings. The van der Waals surface area contributed by atoms with E-state index in [2.05, 4.69) is 54.5 Å². The van der Waals surface area contributed by atoms with Gasteiger partial charge in [0.05, 0.1) is 30.8 Å². The average Bonchev–Trinajstić information content (AvgIpc) is 2.86. The monoisotopic (exact) mass is 542 g/mol. The Bertz CT molecular complexity index is 1080. The topological polar surface area (TPSA) is 65.0 Å². The van der Waals surface area contributed by atoms with E-state index in [1.165, 1.54) is 31.9 Å². The van der Waals surface area contributed by atoms with E-state index in [0.29, 0.717) is 11.8 Å². The molecule has 220 valence electrons. The van der Waals surface area contributed by atoms with E-state index in [4.69, 9.17) is 14.2 Å². The van der Waals surface area contributed by atoms with Crippen molar-refractivity contribution in [3.8, 4) is 0 Å². The van der Waals surface area contributed by atoms with Crippen molar-refractivity contribution in [1.29, 1.82) is 0 Å². The van der Waals surface area contributed by atoms with Gasteiger partial charge in [-0.05, 0) is 113 Å². The first-order valence-corrected chi connectivity index (χ1v) is 15.8. The third kappa shape index (κ3) is 3.39. The molecule has 5 heteroatoms. The smallest absolute Gasteiger partial charge is 0.312 e. The second-order valence-electron chi connectivity index (χ2n) is 16.4. The lowest BCUT2D eigenvalue weighted by molar-refractivity contribution is -0.351. The van der Waals surface area contributed by atoms with Gasteiger partial charge in [0.2, 0.25) is 0 Å². The van der Waals surface area contributed by atoms with Crippen LogP contribution in [-0.2, 0) is 19.0 Å². The molecule has 0 radical (unpaired) electrons. The van der Waals surface area contributed by atoms with Gasteiger partial charge in [-0.2, -0.15) is 0 Å². The minimum atomic E-state index is -0.931. The quantitative estimate of drug-likeness (QED) is 0.284. The first-order valence-electron chi connectivity index (χ1n) is 15.8. The summed E-state index contributed by atoms with van der Waals surface area (Å²) in [6.07, 6.45) is 11.9. The summed E-state index contributed by atoms with van der Waals surface area (Å²) in [5, 5.41) is 12.1. The zero-order valence-electron chi connectivity index (χ0n) is 26.1. The fourth-order valence-electron chi connectivity index (χ4n) is 11.9. The molecule has 1 aliphatic heterocycles. The standard InChI is InChI=1S/C34H54O5/c1-21-12-17-34(27(35)37-9)19-18-31(6)22(26(34)33(21,8)36)10-11-24-29(4)15-14-25-30(5,20-38-28(2,3)39-25)23(29)13-16-32(24,31)7/h10,21,23-26,36H,11-20H2,1-9H3. The molecule has 1 heterocycles. The molecule has 1 saturated heterocycles. The van der Waals surface area contributed by atoms with Crippen LogP contribution in [0.5, 0.6) is 0 Å². The van der Waals surface area contributed by atoms with Crippen LogP contribution < -0.4 is 0 Å². The van der Waals surface area contributed by atoms with Gasteiger partial charge in [0, 0.05) is 11.3 Å². The van der Waals surface area contributed by atoms with Crippen LogP contribution in [0, 0.1) is 50.7 Å². The summed E-state index contributed by atoms with van der Waals surface area (Å²) in [5.41, 5.74) is 0.116. The van der Waals surface area contributed by atoms with Crippen molar-refractivity contribution in [1.82, 2.24) is 0 Å². The van der Waals surface area contributed by atoms with Gasteiger partial charge in [0.1, 0.15) is 0 Å². The van der Waals surface area contributed by atoms with Crippen LogP contribution >= 0.6 is 0 Å². The van der Waals surface area contributed by atoms with Crippen molar-refractivity contribution in [3.63, 3.8) is 0 Å². The average molecular weight is 543 g/mol. The van der Waals surface area contributed by atoms with Gasteiger partial charge >= 0.3 is 5.97 Å². The van der Waals surface area contributed by atoms with Gasteiger partial charge in [-0.25, -0.2) is 0 Å². The molecule has 0 amide bonds. The highest BCUT2D eigenvalue weighted by Crippen LogP contribution is 2.76. The summed E-state index contributed by atoms with van der Waals surface area (Å²) >= 11 is 0. The maximum Gasteiger partial charge on any atom is 0.312 e. The Labute approximate surface area is 236 Å². The third-order valence-electron chi connectivity index (χ3n) is 14.6. The van der Waals surface area contributed by atoms with E-state index >= 15 is 0 Å². The molecular formula is C34H54O5. The zero-order chi connectivity index (χ0) is 28.4. The highest BCUT2D eigenvalue weighted by Gasteiger charge is 2.72. The van der Waals surface area contributed by atoms with Crippen LogP contribution in [0.3, 0.4) is 0 Å². The predicted molar refractivity (Wildman–Crippen MR) is 152 cm³/mol. The molecule has 6 aliphatic rings. The molecular weight excluding hydrogens is 488 g/mol. The Hall–Kier alpha value is -0.910. The lowest BCUT2D eigenvalue weighted by Crippen LogP contribution is -2.69. The Morgan fingerprint density at radius 2 is 1.64 bits per heavy atom. The van der Waals surface area contributed by atoms with E-state index in [9.17, 15) is 9.90 Å². The van der Waals surface area contributed by atoms with Crippen LogP contribution in [0.1, 0.15) is 113 Å². The van der Waals surface area contributed by atoms with Crippen LogP contribution in [0.15, 0.2) is 11.6 Å². The summed E-state index contributed by atoms with van der Waals surface area (Å²) in [4.78, 5) is 13.5. The van der Waals surface area contributed by atoms with Crippen molar-refractivity contribution in [2.24, 2.45) is 50.7 Å². The van der Waals surface area contributed by atoms with Gasteiger partial charge in [-0.15, -0.1) is 0 Å². The van der Waals surface area contributed by atoms with E-state index in [1.807, 2.05) is 6.92 Å². The largest absolute Gasteiger partial charge is 0.469 e. The van der Waals surface area contributed by atoms with Gasteiger partial charge in [-0.3, -0.25) is 4.79 Å². The number of allylic oxidation sites excluding steroid dienone is 1. The first kappa shape index (κ1) is 28.2. The number of aliphatic hydroxyl groups is 1. The molecule has 11 atom stereocenters. The Balaban J connectivity index is 1.43. The summed E-state index contributed by atoms with van der Waals surface area (Å²) in [6.45, 7) is 19.2. The summed E-state index contributed by atoms with van der Waals surface area (Å²) in [5.74, 6) is 0.470. The van der Waals surface area contributed by atoms with Gasteiger partial charge in [0.25, 0.3) is 0 Å². The number of hydrogen-bond donors (Lipinski definition) is 1. The number of ether oxygens (including phenoxy) is 3. The molecule has 6 rings (SSSR count). The minimum absolute atomic E-state index is 0.0316. The molecule has 0 aromatic heterocycles. The van der Waals surface area contributed by atoms with Crippen LogP contribution in [0.4, 0.5) is 0 Å². The maximum absolute atomic E-state index is 13.5. The van der Waals surface area contributed by atoms with Crippen LogP contribution in [0.2, 0.25) is 0 Å². The molecule has 0 spiro atoms. The van der Waals surface area contributed by atoms with Crippen molar-refractivity contribution in [2.45, 2.75) is 131 Å². The second-order valence-corrected chi connectivity index (χ2v) is 16.4. The van der Waals surface area contributed by atoms with Gasteiger partial charge in [-0.1, -0.05) is 46.3 Å². The summed E-state index contributed by atoms with van der Waals surface area (Å²) in [7, 11) is 1.53. The number of rotatable bonds is 1. The van der Waals surface area contributed by atoms with Crippen molar-refractivity contribution < 1.29 is 24.1 Å².